The van der Waals surface area contributed by atoms with E-state index in [1.165, 1.54) is 11.8 Å². The lowest BCUT2D eigenvalue weighted by molar-refractivity contribution is -0.113. The molecule has 2 aromatic carbocycles. The standard InChI is InChI=1S/C20H20ClN3O3S/c1-13-11-14(21)7-8-16(13)22-18(25)12-28-20-23-17-6-4-3-5-15(17)19(26)24(20)9-10-27-2/h3-8,11H,9-10,12H2,1-2H3,(H,22,25). The Bertz CT molecular complexity index is 1070. The summed E-state index contributed by atoms with van der Waals surface area (Å²) in [7, 11) is 1.58. The second-order valence-corrected chi connectivity index (χ2v) is 7.54. The number of benzene rings is 2. The molecule has 3 aromatic rings. The van der Waals surface area contributed by atoms with E-state index in [4.69, 9.17) is 16.3 Å². The minimum absolute atomic E-state index is 0.125. The first kappa shape index (κ1) is 20.4. The summed E-state index contributed by atoms with van der Waals surface area (Å²) in [5, 5.41) is 4.52. The van der Waals surface area contributed by atoms with Crippen LogP contribution in [0.3, 0.4) is 0 Å². The molecule has 0 radical (unpaired) electrons. The summed E-state index contributed by atoms with van der Waals surface area (Å²) in [6.45, 7) is 2.62. The molecule has 0 atom stereocenters. The molecule has 1 aromatic heterocycles. The number of rotatable bonds is 7. The molecular weight excluding hydrogens is 398 g/mol. The predicted octanol–water partition coefficient (Wildman–Crippen LogP) is 3.74. The summed E-state index contributed by atoms with van der Waals surface area (Å²) in [4.78, 5) is 29.8. The highest BCUT2D eigenvalue weighted by molar-refractivity contribution is 7.99. The van der Waals surface area contributed by atoms with E-state index < -0.39 is 0 Å². The molecule has 146 valence electrons. The van der Waals surface area contributed by atoms with Crippen LogP contribution < -0.4 is 10.9 Å². The smallest absolute Gasteiger partial charge is 0.262 e. The molecule has 0 aliphatic rings. The van der Waals surface area contributed by atoms with Gasteiger partial charge in [0.2, 0.25) is 5.91 Å². The Kier molecular flexibility index (Phi) is 6.72. The van der Waals surface area contributed by atoms with Gasteiger partial charge < -0.3 is 10.1 Å². The number of ether oxygens (including phenoxy) is 1. The van der Waals surface area contributed by atoms with Crippen LogP contribution in [0.15, 0.2) is 52.4 Å². The largest absolute Gasteiger partial charge is 0.383 e. The number of aromatic nitrogens is 2. The molecule has 3 rings (SSSR count). The lowest BCUT2D eigenvalue weighted by atomic mass is 10.2. The maximum Gasteiger partial charge on any atom is 0.262 e. The van der Waals surface area contributed by atoms with Crippen molar-refractivity contribution in [2.45, 2.75) is 18.6 Å². The van der Waals surface area contributed by atoms with Crippen LogP contribution in [0, 0.1) is 6.92 Å². The number of methoxy groups -OCH3 is 1. The van der Waals surface area contributed by atoms with Crippen LogP contribution in [0.5, 0.6) is 0 Å². The number of amides is 1. The van der Waals surface area contributed by atoms with Gasteiger partial charge in [-0.15, -0.1) is 0 Å². The number of halogens is 1. The number of carbonyl (C=O) groups is 1. The molecule has 0 spiro atoms. The van der Waals surface area contributed by atoms with E-state index in [1.807, 2.05) is 13.0 Å². The number of thioether (sulfide) groups is 1. The summed E-state index contributed by atoms with van der Waals surface area (Å²) in [6, 6.07) is 12.5. The summed E-state index contributed by atoms with van der Waals surface area (Å²) < 4.78 is 6.66. The summed E-state index contributed by atoms with van der Waals surface area (Å²) >= 11 is 7.17. The second kappa shape index (κ2) is 9.23. The normalized spacial score (nSPS) is 11.0. The van der Waals surface area contributed by atoms with Gasteiger partial charge in [-0.05, 0) is 42.8 Å². The van der Waals surface area contributed by atoms with Crippen molar-refractivity contribution in [1.82, 2.24) is 9.55 Å². The predicted molar refractivity (Wildman–Crippen MR) is 113 cm³/mol. The Morgan fingerprint density at radius 2 is 2.07 bits per heavy atom. The van der Waals surface area contributed by atoms with Crippen molar-refractivity contribution in [3.63, 3.8) is 0 Å². The quantitative estimate of drug-likeness (QED) is 0.468. The maximum absolute atomic E-state index is 12.8. The van der Waals surface area contributed by atoms with Crippen molar-refractivity contribution < 1.29 is 9.53 Å². The fourth-order valence-electron chi connectivity index (χ4n) is 2.72. The zero-order chi connectivity index (χ0) is 20.1. The minimum Gasteiger partial charge on any atom is -0.383 e. The van der Waals surface area contributed by atoms with Crippen LogP contribution in [-0.4, -0.2) is 34.9 Å². The topological polar surface area (TPSA) is 73.2 Å². The number of para-hydroxylation sites is 1. The lowest BCUT2D eigenvalue weighted by Gasteiger charge is -2.13. The van der Waals surface area contributed by atoms with E-state index in [1.54, 1.807) is 48.1 Å². The SMILES string of the molecule is COCCn1c(SCC(=O)Nc2ccc(Cl)cc2C)nc2ccccc2c1=O. The first-order valence-electron chi connectivity index (χ1n) is 8.67. The molecule has 8 heteroatoms. The van der Waals surface area contributed by atoms with Crippen LogP contribution in [0.1, 0.15) is 5.56 Å². The van der Waals surface area contributed by atoms with E-state index >= 15 is 0 Å². The molecule has 0 saturated carbocycles. The van der Waals surface area contributed by atoms with Crippen molar-refractivity contribution in [2.75, 3.05) is 24.8 Å². The Labute approximate surface area is 171 Å². The zero-order valence-electron chi connectivity index (χ0n) is 15.6. The van der Waals surface area contributed by atoms with Gasteiger partial charge in [0.25, 0.3) is 5.56 Å². The van der Waals surface area contributed by atoms with E-state index in [-0.39, 0.29) is 17.2 Å². The monoisotopic (exact) mass is 417 g/mol. The van der Waals surface area contributed by atoms with Crippen LogP contribution >= 0.6 is 23.4 Å². The molecule has 1 heterocycles. The first-order chi connectivity index (χ1) is 13.5. The Morgan fingerprint density at radius 3 is 2.82 bits per heavy atom. The highest BCUT2D eigenvalue weighted by atomic mass is 35.5. The van der Waals surface area contributed by atoms with Gasteiger partial charge in [-0.25, -0.2) is 4.98 Å². The summed E-state index contributed by atoms with van der Waals surface area (Å²) in [5.74, 6) is -0.0593. The zero-order valence-corrected chi connectivity index (χ0v) is 17.1. The molecule has 0 unspecified atom stereocenters. The number of anilines is 1. The molecule has 0 aliphatic carbocycles. The van der Waals surface area contributed by atoms with Gasteiger partial charge in [0.05, 0.1) is 29.8 Å². The second-order valence-electron chi connectivity index (χ2n) is 6.16. The van der Waals surface area contributed by atoms with Crippen LogP contribution in [-0.2, 0) is 16.1 Å². The highest BCUT2D eigenvalue weighted by Gasteiger charge is 2.13. The number of carbonyl (C=O) groups excluding carboxylic acids is 1. The third-order valence-corrected chi connectivity index (χ3v) is 5.35. The molecule has 1 N–H and O–H groups in total. The number of hydrogen-bond donors (Lipinski definition) is 1. The minimum atomic E-state index is -0.184. The summed E-state index contributed by atoms with van der Waals surface area (Å²) in [6.07, 6.45) is 0. The molecule has 0 bridgehead atoms. The van der Waals surface area contributed by atoms with Gasteiger partial charge >= 0.3 is 0 Å². The van der Waals surface area contributed by atoms with E-state index in [2.05, 4.69) is 10.3 Å². The molecular formula is C20H20ClN3O3S. The fourth-order valence-corrected chi connectivity index (χ4v) is 3.77. The van der Waals surface area contributed by atoms with Gasteiger partial charge in [-0.3, -0.25) is 14.2 Å². The molecule has 1 amide bonds. The fraction of sp³-hybridized carbons (Fsp3) is 0.250. The maximum atomic E-state index is 12.8. The van der Waals surface area contributed by atoms with Crippen molar-refractivity contribution in [2.24, 2.45) is 0 Å². The van der Waals surface area contributed by atoms with Gasteiger partial charge in [0, 0.05) is 17.8 Å². The van der Waals surface area contributed by atoms with E-state index in [0.717, 1.165) is 5.56 Å². The molecule has 0 aliphatic heterocycles. The van der Waals surface area contributed by atoms with Crippen LogP contribution in [0.25, 0.3) is 10.9 Å². The number of nitrogens with one attached hydrogen (secondary N) is 1. The van der Waals surface area contributed by atoms with Gasteiger partial charge in [0.1, 0.15) is 0 Å². The molecule has 6 nitrogen and oxygen atoms in total. The first-order valence-corrected chi connectivity index (χ1v) is 10.0. The average molecular weight is 418 g/mol. The van der Waals surface area contributed by atoms with Crippen molar-refractivity contribution in [3.8, 4) is 0 Å². The van der Waals surface area contributed by atoms with E-state index in [9.17, 15) is 9.59 Å². The highest BCUT2D eigenvalue weighted by Crippen LogP contribution is 2.21. The number of fused-ring (bicyclic) bond motifs is 1. The van der Waals surface area contributed by atoms with Gasteiger partial charge in [-0.1, -0.05) is 35.5 Å². The van der Waals surface area contributed by atoms with Crippen LogP contribution in [0.2, 0.25) is 5.02 Å². The average Bonchev–Trinajstić information content (AvgIpc) is 2.68. The number of aryl methyl sites for hydroxylation is 1. The van der Waals surface area contributed by atoms with Crippen molar-refractivity contribution >= 4 is 45.9 Å². The Balaban J connectivity index is 1.80. The van der Waals surface area contributed by atoms with Crippen LogP contribution in [0.4, 0.5) is 5.69 Å². The third-order valence-electron chi connectivity index (χ3n) is 4.14. The Hall–Kier alpha value is -2.35. The Morgan fingerprint density at radius 1 is 1.29 bits per heavy atom. The molecule has 0 saturated heterocycles. The van der Waals surface area contributed by atoms with Crippen molar-refractivity contribution in [1.29, 1.82) is 0 Å². The molecule has 0 fully saturated rings. The van der Waals surface area contributed by atoms with Crippen molar-refractivity contribution in [3.05, 3.63) is 63.4 Å². The third kappa shape index (κ3) is 4.73. The van der Waals surface area contributed by atoms with Gasteiger partial charge in [-0.2, -0.15) is 0 Å². The summed E-state index contributed by atoms with van der Waals surface area (Å²) in [5.41, 5.74) is 2.06. The van der Waals surface area contributed by atoms with E-state index in [0.29, 0.717) is 39.9 Å². The molecule has 28 heavy (non-hydrogen) atoms. The number of nitrogens with zero attached hydrogens (tertiary/aromatic N) is 2. The number of hydrogen-bond acceptors (Lipinski definition) is 5. The lowest BCUT2D eigenvalue weighted by Crippen LogP contribution is -2.26. The van der Waals surface area contributed by atoms with Gasteiger partial charge in [0.15, 0.2) is 5.16 Å².